The van der Waals surface area contributed by atoms with Crippen LogP contribution in [-0.4, -0.2) is 32.3 Å². The highest BCUT2D eigenvalue weighted by atomic mass is 32.2. The average Bonchev–Trinajstić information content (AvgIpc) is 3.24. The maximum Gasteiger partial charge on any atom is 0.251 e. The molecular formula is C26H31N5O2S. The first-order valence-corrected chi connectivity index (χ1v) is 12.3. The summed E-state index contributed by atoms with van der Waals surface area (Å²) < 4.78 is 1.92. The standard InChI is InChI=1S/C26H31N5O2S/c1-4-15-31-24(22(16-19(2)3)28-25(33)21-13-9-6-10-14-21)29-30-26(31)34-18-23(32)27-17-20-11-7-5-8-12-20/h4-14,19,22H,1,15-18H2,2-3H3,(H,27,32)(H,28,33). The van der Waals surface area contributed by atoms with Gasteiger partial charge >= 0.3 is 0 Å². The lowest BCUT2D eigenvalue weighted by molar-refractivity contribution is -0.118. The van der Waals surface area contributed by atoms with Gasteiger partial charge in [0.25, 0.3) is 5.91 Å². The van der Waals surface area contributed by atoms with Crippen LogP contribution in [0.3, 0.4) is 0 Å². The van der Waals surface area contributed by atoms with Gasteiger partial charge in [-0.25, -0.2) is 0 Å². The van der Waals surface area contributed by atoms with Crippen LogP contribution in [0.15, 0.2) is 78.5 Å². The minimum absolute atomic E-state index is 0.0836. The molecule has 1 heterocycles. The number of benzene rings is 2. The lowest BCUT2D eigenvalue weighted by Crippen LogP contribution is -2.31. The van der Waals surface area contributed by atoms with Gasteiger partial charge in [-0.1, -0.05) is 80.2 Å². The van der Waals surface area contributed by atoms with Crippen LogP contribution in [-0.2, 0) is 17.9 Å². The molecule has 2 amide bonds. The lowest BCUT2D eigenvalue weighted by Gasteiger charge is -2.21. The fourth-order valence-corrected chi connectivity index (χ4v) is 4.26. The molecule has 0 saturated heterocycles. The van der Waals surface area contributed by atoms with Crippen LogP contribution in [0, 0.1) is 5.92 Å². The monoisotopic (exact) mass is 477 g/mol. The van der Waals surface area contributed by atoms with E-state index in [-0.39, 0.29) is 23.6 Å². The summed E-state index contributed by atoms with van der Waals surface area (Å²) in [6.07, 6.45) is 2.47. The summed E-state index contributed by atoms with van der Waals surface area (Å²) in [7, 11) is 0. The molecule has 0 bridgehead atoms. The molecule has 8 heteroatoms. The fourth-order valence-electron chi connectivity index (χ4n) is 3.47. The van der Waals surface area contributed by atoms with Crippen molar-refractivity contribution in [3.63, 3.8) is 0 Å². The van der Waals surface area contributed by atoms with E-state index < -0.39 is 0 Å². The van der Waals surface area contributed by atoms with Crippen LogP contribution < -0.4 is 10.6 Å². The van der Waals surface area contributed by atoms with E-state index in [1.54, 1.807) is 18.2 Å². The zero-order valence-electron chi connectivity index (χ0n) is 19.6. The van der Waals surface area contributed by atoms with Gasteiger partial charge in [0.05, 0.1) is 11.8 Å². The Morgan fingerprint density at radius 2 is 1.74 bits per heavy atom. The molecule has 1 unspecified atom stereocenters. The summed E-state index contributed by atoms with van der Waals surface area (Å²) in [5, 5.41) is 15.4. The summed E-state index contributed by atoms with van der Waals surface area (Å²) in [4.78, 5) is 25.2. The zero-order chi connectivity index (χ0) is 24.3. The van der Waals surface area contributed by atoms with E-state index in [9.17, 15) is 9.59 Å². The van der Waals surface area contributed by atoms with Crippen molar-refractivity contribution in [1.29, 1.82) is 0 Å². The van der Waals surface area contributed by atoms with Crippen molar-refractivity contribution in [2.75, 3.05) is 5.75 Å². The minimum Gasteiger partial charge on any atom is -0.351 e. The molecule has 0 spiro atoms. The van der Waals surface area contributed by atoms with Crippen molar-refractivity contribution in [1.82, 2.24) is 25.4 Å². The van der Waals surface area contributed by atoms with Crippen LogP contribution in [0.5, 0.6) is 0 Å². The molecule has 1 aromatic heterocycles. The van der Waals surface area contributed by atoms with E-state index in [0.717, 1.165) is 5.56 Å². The molecule has 0 aliphatic carbocycles. The Labute approximate surface area is 205 Å². The SMILES string of the molecule is C=CCn1c(SCC(=O)NCc2ccccc2)nnc1C(CC(C)C)NC(=O)c1ccccc1. The molecule has 1 atom stereocenters. The lowest BCUT2D eigenvalue weighted by atomic mass is 10.0. The summed E-state index contributed by atoms with van der Waals surface area (Å²) in [6.45, 7) is 9.01. The van der Waals surface area contributed by atoms with Crippen molar-refractivity contribution >= 4 is 23.6 Å². The molecule has 2 N–H and O–H groups in total. The second-order valence-electron chi connectivity index (χ2n) is 8.31. The van der Waals surface area contributed by atoms with Gasteiger partial charge in [0, 0.05) is 18.7 Å². The van der Waals surface area contributed by atoms with E-state index in [2.05, 4.69) is 41.3 Å². The van der Waals surface area contributed by atoms with Crippen LogP contribution >= 0.6 is 11.8 Å². The topological polar surface area (TPSA) is 88.9 Å². The molecule has 0 aliphatic heterocycles. The number of hydrogen-bond acceptors (Lipinski definition) is 5. The molecule has 0 saturated carbocycles. The summed E-state index contributed by atoms with van der Waals surface area (Å²) in [5.74, 6) is 0.960. The number of nitrogens with one attached hydrogen (secondary N) is 2. The molecular weight excluding hydrogens is 446 g/mol. The second kappa shape index (κ2) is 12.7. The highest BCUT2D eigenvalue weighted by molar-refractivity contribution is 7.99. The van der Waals surface area contributed by atoms with Gasteiger partial charge in [0.2, 0.25) is 5.91 Å². The smallest absolute Gasteiger partial charge is 0.251 e. The molecule has 178 valence electrons. The number of thioether (sulfide) groups is 1. The number of nitrogens with zero attached hydrogens (tertiary/aromatic N) is 3. The third kappa shape index (κ3) is 7.31. The normalized spacial score (nSPS) is 11.7. The molecule has 34 heavy (non-hydrogen) atoms. The highest BCUT2D eigenvalue weighted by Crippen LogP contribution is 2.25. The van der Waals surface area contributed by atoms with Crippen molar-refractivity contribution in [2.45, 2.75) is 44.6 Å². The van der Waals surface area contributed by atoms with Crippen LogP contribution in [0.1, 0.15) is 48.1 Å². The molecule has 3 aromatic rings. The Kier molecular flexibility index (Phi) is 9.46. The Morgan fingerprint density at radius 3 is 2.38 bits per heavy atom. The predicted octanol–water partition coefficient (Wildman–Crippen LogP) is 4.39. The molecule has 7 nitrogen and oxygen atoms in total. The van der Waals surface area contributed by atoms with Crippen molar-refractivity contribution in [3.8, 4) is 0 Å². The fraction of sp³-hybridized carbons (Fsp3) is 0.308. The maximum absolute atomic E-state index is 12.8. The quantitative estimate of drug-likeness (QED) is 0.298. The van der Waals surface area contributed by atoms with Gasteiger partial charge < -0.3 is 15.2 Å². The van der Waals surface area contributed by atoms with E-state index in [4.69, 9.17) is 0 Å². The van der Waals surface area contributed by atoms with E-state index in [1.807, 2.05) is 53.1 Å². The molecule has 0 fully saturated rings. The van der Waals surface area contributed by atoms with Crippen molar-refractivity contribution in [3.05, 3.63) is 90.3 Å². The summed E-state index contributed by atoms with van der Waals surface area (Å²) in [5.41, 5.74) is 1.64. The van der Waals surface area contributed by atoms with Crippen molar-refractivity contribution in [2.24, 2.45) is 5.92 Å². The number of carbonyl (C=O) groups excluding carboxylic acids is 2. The van der Waals surface area contributed by atoms with Crippen LogP contribution in [0.4, 0.5) is 0 Å². The number of hydrogen-bond donors (Lipinski definition) is 2. The van der Waals surface area contributed by atoms with Gasteiger partial charge in [-0.2, -0.15) is 0 Å². The molecule has 0 aliphatic rings. The minimum atomic E-state index is -0.318. The highest BCUT2D eigenvalue weighted by Gasteiger charge is 2.24. The number of amides is 2. The summed E-state index contributed by atoms with van der Waals surface area (Å²) in [6, 6.07) is 18.6. The van der Waals surface area contributed by atoms with Gasteiger partial charge in [-0.3, -0.25) is 9.59 Å². The number of aromatic nitrogens is 3. The van der Waals surface area contributed by atoms with E-state index in [1.165, 1.54) is 11.8 Å². The number of allylic oxidation sites excluding steroid dienone is 1. The Morgan fingerprint density at radius 1 is 1.06 bits per heavy atom. The average molecular weight is 478 g/mol. The molecule has 2 aromatic carbocycles. The Hall–Kier alpha value is -3.39. The maximum atomic E-state index is 12.8. The van der Waals surface area contributed by atoms with Crippen LogP contribution in [0.2, 0.25) is 0 Å². The van der Waals surface area contributed by atoms with Gasteiger partial charge in [0.15, 0.2) is 11.0 Å². The third-order valence-electron chi connectivity index (χ3n) is 5.08. The molecule has 3 rings (SSSR count). The van der Waals surface area contributed by atoms with Gasteiger partial charge in [-0.05, 0) is 30.0 Å². The first-order valence-electron chi connectivity index (χ1n) is 11.3. The summed E-state index contributed by atoms with van der Waals surface area (Å²) >= 11 is 1.32. The van der Waals surface area contributed by atoms with E-state index >= 15 is 0 Å². The van der Waals surface area contributed by atoms with Gasteiger partial charge in [0.1, 0.15) is 0 Å². The second-order valence-corrected chi connectivity index (χ2v) is 9.26. The van der Waals surface area contributed by atoms with E-state index in [0.29, 0.717) is 42.0 Å². The Bertz CT molecular complexity index is 1080. The number of carbonyl (C=O) groups is 2. The first kappa shape index (κ1) is 25.2. The predicted molar refractivity (Wildman–Crippen MR) is 135 cm³/mol. The largest absolute Gasteiger partial charge is 0.351 e. The zero-order valence-corrected chi connectivity index (χ0v) is 20.4. The van der Waals surface area contributed by atoms with Gasteiger partial charge in [-0.15, -0.1) is 16.8 Å². The number of rotatable bonds is 12. The molecule has 0 radical (unpaired) electrons. The Balaban J connectivity index is 1.71. The first-order chi connectivity index (χ1) is 16.5. The van der Waals surface area contributed by atoms with Crippen molar-refractivity contribution < 1.29 is 9.59 Å². The van der Waals surface area contributed by atoms with Crippen LogP contribution in [0.25, 0.3) is 0 Å². The third-order valence-corrected chi connectivity index (χ3v) is 6.05.